The van der Waals surface area contributed by atoms with E-state index in [9.17, 15) is 4.79 Å². The second kappa shape index (κ2) is 6.68. The summed E-state index contributed by atoms with van der Waals surface area (Å²) < 4.78 is 0. The van der Waals surface area contributed by atoms with Crippen molar-refractivity contribution in [2.45, 2.75) is 32.4 Å². The molecule has 1 aromatic carbocycles. The Kier molecular flexibility index (Phi) is 4.93. The zero-order valence-corrected chi connectivity index (χ0v) is 11.4. The zero-order valence-electron chi connectivity index (χ0n) is 11.4. The van der Waals surface area contributed by atoms with Crippen molar-refractivity contribution in [3.8, 4) is 0 Å². The second-order valence-electron chi connectivity index (χ2n) is 5.02. The van der Waals surface area contributed by atoms with Crippen molar-refractivity contribution in [3.05, 3.63) is 35.4 Å². The molecule has 1 atom stereocenters. The van der Waals surface area contributed by atoms with Crippen molar-refractivity contribution in [1.82, 2.24) is 10.2 Å². The van der Waals surface area contributed by atoms with Gasteiger partial charge in [-0.2, -0.15) is 0 Å². The van der Waals surface area contributed by atoms with Crippen LogP contribution in [0.4, 0.5) is 0 Å². The summed E-state index contributed by atoms with van der Waals surface area (Å²) in [5.41, 5.74) is 1.25. The summed E-state index contributed by atoms with van der Waals surface area (Å²) in [6.07, 6.45) is 2.51. The Morgan fingerprint density at radius 1 is 1.47 bits per heavy atom. The van der Waals surface area contributed by atoms with Gasteiger partial charge in [0, 0.05) is 19.1 Å². The fourth-order valence-electron chi connectivity index (χ4n) is 2.80. The average Bonchev–Trinajstić information content (AvgIpc) is 2.86. The molecule has 4 heteroatoms. The highest BCUT2D eigenvalue weighted by atomic mass is 16.4. The number of carbonyl (C=O) groups is 1. The van der Waals surface area contributed by atoms with Crippen molar-refractivity contribution >= 4 is 5.97 Å². The third kappa shape index (κ3) is 3.55. The molecule has 0 saturated carbocycles. The summed E-state index contributed by atoms with van der Waals surface area (Å²) in [5, 5.41) is 12.5. The lowest BCUT2D eigenvalue weighted by Crippen LogP contribution is -2.37. The highest BCUT2D eigenvalue weighted by molar-refractivity contribution is 5.89. The number of nitrogens with one attached hydrogen (secondary N) is 1. The number of carboxylic acid groups (broad SMARTS) is 1. The van der Waals surface area contributed by atoms with E-state index in [0.717, 1.165) is 18.7 Å². The van der Waals surface area contributed by atoms with Crippen molar-refractivity contribution in [1.29, 1.82) is 0 Å². The molecule has 1 saturated heterocycles. The number of benzene rings is 1. The smallest absolute Gasteiger partial charge is 0.336 e. The van der Waals surface area contributed by atoms with Crippen LogP contribution in [0.15, 0.2) is 24.3 Å². The molecule has 0 bridgehead atoms. The molecule has 2 rings (SSSR count). The van der Waals surface area contributed by atoms with Gasteiger partial charge in [0.15, 0.2) is 0 Å². The first-order valence-electron chi connectivity index (χ1n) is 6.98. The van der Waals surface area contributed by atoms with Gasteiger partial charge in [-0.1, -0.05) is 25.1 Å². The molecule has 19 heavy (non-hydrogen) atoms. The van der Waals surface area contributed by atoms with Crippen LogP contribution in [0.5, 0.6) is 0 Å². The molecular formula is C15H22N2O2. The molecule has 2 N–H and O–H groups in total. The Balaban J connectivity index is 1.87. The van der Waals surface area contributed by atoms with Crippen LogP contribution in [0.1, 0.15) is 35.7 Å². The van der Waals surface area contributed by atoms with Gasteiger partial charge in [-0.15, -0.1) is 0 Å². The van der Waals surface area contributed by atoms with E-state index in [1.165, 1.54) is 19.4 Å². The summed E-state index contributed by atoms with van der Waals surface area (Å²) in [5.74, 6) is -0.853. The molecule has 1 heterocycles. The van der Waals surface area contributed by atoms with E-state index in [4.69, 9.17) is 5.11 Å². The van der Waals surface area contributed by atoms with Crippen LogP contribution in [-0.4, -0.2) is 41.7 Å². The third-order valence-corrected chi connectivity index (χ3v) is 3.85. The zero-order chi connectivity index (χ0) is 13.7. The minimum atomic E-state index is -0.853. The molecule has 1 aliphatic heterocycles. The van der Waals surface area contributed by atoms with Gasteiger partial charge in [-0.25, -0.2) is 4.79 Å². The largest absolute Gasteiger partial charge is 0.478 e. The molecule has 4 nitrogen and oxygen atoms in total. The first-order valence-corrected chi connectivity index (χ1v) is 6.98. The van der Waals surface area contributed by atoms with E-state index < -0.39 is 5.97 Å². The SMILES string of the molecule is CCN1CCCC1CNCc1ccccc1C(=O)O. The van der Waals surface area contributed by atoms with Crippen LogP contribution in [0.25, 0.3) is 0 Å². The predicted molar refractivity (Wildman–Crippen MR) is 75.4 cm³/mol. The summed E-state index contributed by atoms with van der Waals surface area (Å²) >= 11 is 0. The monoisotopic (exact) mass is 262 g/mol. The Bertz CT molecular complexity index is 434. The van der Waals surface area contributed by atoms with Crippen LogP contribution in [0.2, 0.25) is 0 Å². The van der Waals surface area contributed by atoms with Crippen LogP contribution < -0.4 is 5.32 Å². The summed E-state index contributed by atoms with van der Waals surface area (Å²) in [7, 11) is 0. The predicted octanol–water partition coefficient (Wildman–Crippen LogP) is 1.96. The molecule has 1 aliphatic rings. The van der Waals surface area contributed by atoms with Gasteiger partial charge in [-0.05, 0) is 37.6 Å². The molecule has 0 aromatic heterocycles. The Morgan fingerprint density at radius 2 is 2.26 bits per heavy atom. The summed E-state index contributed by atoms with van der Waals surface area (Å²) in [6.45, 7) is 6.03. The topological polar surface area (TPSA) is 52.6 Å². The molecule has 104 valence electrons. The minimum Gasteiger partial charge on any atom is -0.478 e. The number of rotatable bonds is 6. The maximum Gasteiger partial charge on any atom is 0.336 e. The minimum absolute atomic E-state index is 0.397. The molecular weight excluding hydrogens is 240 g/mol. The maximum atomic E-state index is 11.1. The van der Waals surface area contributed by atoms with Gasteiger partial charge in [0.1, 0.15) is 0 Å². The molecule has 1 fully saturated rings. The van der Waals surface area contributed by atoms with E-state index >= 15 is 0 Å². The molecule has 0 radical (unpaired) electrons. The number of nitrogens with zero attached hydrogens (tertiary/aromatic N) is 1. The fraction of sp³-hybridized carbons (Fsp3) is 0.533. The highest BCUT2D eigenvalue weighted by Crippen LogP contribution is 2.16. The average molecular weight is 262 g/mol. The van der Waals surface area contributed by atoms with Crippen molar-refractivity contribution in [3.63, 3.8) is 0 Å². The van der Waals surface area contributed by atoms with E-state index in [1.807, 2.05) is 12.1 Å². The number of likely N-dealkylation sites (N-methyl/N-ethyl adjacent to an activating group) is 1. The van der Waals surface area contributed by atoms with Crippen LogP contribution >= 0.6 is 0 Å². The Hall–Kier alpha value is -1.39. The highest BCUT2D eigenvalue weighted by Gasteiger charge is 2.22. The second-order valence-corrected chi connectivity index (χ2v) is 5.02. The van der Waals surface area contributed by atoms with E-state index in [1.54, 1.807) is 12.1 Å². The molecule has 0 amide bonds. The van der Waals surface area contributed by atoms with Crippen LogP contribution in [0.3, 0.4) is 0 Å². The van der Waals surface area contributed by atoms with E-state index in [2.05, 4.69) is 17.1 Å². The first kappa shape index (κ1) is 14.0. The van der Waals surface area contributed by atoms with Crippen LogP contribution in [0, 0.1) is 0 Å². The lowest BCUT2D eigenvalue weighted by atomic mass is 10.1. The first-order chi connectivity index (χ1) is 9.22. The van der Waals surface area contributed by atoms with Gasteiger partial charge in [0.05, 0.1) is 5.56 Å². The lowest BCUT2D eigenvalue weighted by Gasteiger charge is -2.23. The van der Waals surface area contributed by atoms with Gasteiger partial charge in [0.2, 0.25) is 0 Å². The molecule has 1 aromatic rings. The normalized spacial score (nSPS) is 19.7. The number of hydrogen-bond donors (Lipinski definition) is 2. The van der Waals surface area contributed by atoms with E-state index in [-0.39, 0.29) is 0 Å². The van der Waals surface area contributed by atoms with Gasteiger partial charge >= 0.3 is 5.97 Å². The summed E-state index contributed by atoms with van der Waals surface area (Å²) in [4.78, 5) is 13.6. The van der Waals surface area contributed by atoms with Gasteiger partial charge in [-0.3, -0.25) is 4.90 Å². The van der Waals surface area contributed by atoms with Gasteiger partial charge < -0.3 is 10.4 Å². The fourth-order valence-corrected chi connectivity index (χ4v) is 2.80. The van der Waals surface area contributed by atoms with Crippen LogP contribution in [-0.2, 0) is 6.54 Å². The third-order valence-electron chi connectivity index (χ3n) is 3.85. The molecule has 0 aliphatic carbocycles. The molecule has 0 spiro atoms. The number of carboxylic acids is 1. The number of aromatic carboxylic acids is 1. The van der Waals surface area contributed by atoms with Crippen molar-refractivity contribution in [2.75, 3.05) is 19.6 Å². The number of likely N-dealkylation sites (tertiary alicyclic amines) is 1. The van der Waals surface area contributed by atoms with E-state index in [0.29, 0.717) is 18.2 Å². The van der Waals surface area contributed by atoms with Crippen molar-refractivity contribution in [2.24, 2.45) is 0 Å². The molecule has 1 unspecified atom stereocenters. The lowest BCUT2D eigenvalue weighted by molar-refractivity contribution is 0.0695. The Morgan fingerprint density at radius 3 is 3.00 bits per heavy atom. The maximum absolute atomic E-state index is 11.1. The van der Waals surface area contributed by atoms with Gasteiger partial charge in [0.25, 0.3) is 0 Å². The standard InChI is InChI=1S/C15H22N2O2/c1-2-17-9-5-7-13(17)11-16-10-12-6-3-4-8-14(12)15(18)19/h3-4,6,8,13,16H,2,5,7,9-11H2,1H3,(H,18,19). The summed E-state index contributed by atoms with van der Waals surface area (Å²) in [6, 6.07) is 7.79. The quantitative estimate of drug-likeness (QED) is 0.823. The Labute approximate surface area is 114 Å². The van der Waals surface area contributed by atoms with Crippen molar-refractivity contribution < 1.29 is 9.90 Å². The number of hydrogen-bond acceptors (Lipinski definition) is 3.